The summed E-state index contributed by atoms with van der Waals surface area (Å²) in [6.45, 7) is 3.11. The summed E-state index contributed by atoms with van der Waals surface area (Å²) in [6.07, 6.45) is -1.97. The van der Waals surface area contributed by atoms with Crippen LogP contribution in [0.1, 0.15) is 26.7 Å². The van der Waals surface area contributed by atoms with Crippen LogP contribution < -0.4 is 0 Å². The quantitative estimate of drug-likeness (QED) is 0.650. The first-order chi connectivity index (χ1) is 4.98. The van der Waals surface area contributed by atoms with E-state index in [2.05, 4.69) is 0 Å². The highest BCUT2D eigenvalue weighted by atomic mass is 19.1. The summed E-state index contributed by atoms with van der Waals surface area (Å²) in [7, 11) is 0. The fourth-order valence-electron chi connectivity index (χ4n) is 0.838. The van der Waals surface area contributed by atoms with Crippen LogP contribution in [0.3, 0.4) is 0 Å². The lowest BCUT2D eigenvalue weighted by molar-refractivity contribution is -0.155. The van der Waals surface area contributed by atoms with Crippen molar-refractivity contribution in [3.05, 3.63) is 0 Å². The molecule has 0 aliphatic carbocycles. The average Bonchev–Trinajstić information content (AvgIpc) is 2.01. The molecule has 0 amide bonds. The van der Waals surface area contributed by atoms with Gasteiger partial charge in [-0.3, -0.25) is 0 Å². The van der Waals surface area contributed by atoms with Crippen LogP contribution >= 0.6 is 0 Å². The first-order valence-corrected chi connectivity index (χ1v) is 3.57. The zero-order valence-electron chi connectivity index (χ0n) is 6.67. The van der Waals surface area contributed by atoms with Crippen LogP contribution in [0.25, 0.3) is 0 Å². The molecular formula is C7H13FO3. The van der Waals surface area contributed by atoms with Gasteiger partial charge in [-0.2, -0.15) is 0 Å². The molecule has 3 nitrogen and oxygen atoms in total. The molecule has 0 aromatic rings. The number of halogens is 1. The minimum absolute atomic E-state index is 0.108. The number of carbonyl (C=O) groups is 1. The van der Waals surface area contributed by atoms with Crippen molar-refractivity contribution in [3.63, 3.8) is 0 Å². The average molecular weight is 164 g/mol. The van der Waals surface area contributed by atoms with Crippen molar-refractivity contribution in [1.82, 2.24) is 0 Å². The SMILES string of the molecule is CCC(O)(CC)C(F)C(=O)O. The largest absolute Gasteiger partial charge is 0.479 e. The molecule has 0 aliphatic heterocycles. The van der Waals surface area contributed by atoms with Gasteiger partial charge < -0.3 is 10.2 Å². The topological polar surface area (TPSA) is 57.5 Å². The van der Waals surface area contributed by atoms with Gasteiger partial charge in [0.15, 0.2) is 0 Å². The first kappa shape index (κ1) is 10.4. The molecule has 4 heteroatoms. The van der Waals surface area contributed by atoms with E-state index >= 15 is 0 Å². The second-order valence-corrected chi connectivity index (χ2v) is 2.51. The van der Waals surface area contributed by atoms with Gasteiger partial charge in [0, 0.05) is 0 Å². The Morgan fingerprint density at radius 1 is 1.55 bits per heavy atom. The molecule has 11 heavy (non-hydrogen) atoms. The van der Waals surface area contributed by atoms with Crippen molar-refractivity contribution >= 4 is 5.97 Å². The van der Waals surface area contributed by atoms with E-state index in [0.29, 0.717) is 0 Å². The van der Waals surface area contributed by atoms with Gasteiger partial charge in [-0.15, -0.1) is 0 Å². The van der Waals surface area contributed by atoms with Crippen LogP contribution in [0.5, 0.6) is 0 Å². The minimum Gasteiger partial charge on any atom is -0.479 e. The molecule has 0 aromatic heterocycles. The Kier molecular flexibility index (Phi) is 3.45. The van der Waals surface area contributed by atoms with E-state index in [0.717, 1.165) is 0 Å². The maximum atomic E-state index is 12.7. The zero-order valence-corrected chi connectivity index (χ0v) is 6.67. The third kappa shape index (κ3) is 2.15. The van der Waals surface area contributed by atoms with Crippen molar-refractivity contribution in [3.8, 4) is 0 Å². The Balaban J connectivity index is 4.36. The fraction of sp³-hybridized carbons (Fsp3) is 0.857. The molecule has 0 saturated carbocycles. The number of rotatable bonds is 4. The van der Waals surface area contributed by atoms with Crippen LogP contribution in [0, 0.1) is 0 Å². The van der Waals surface area contributed by atoms with E-state index in [9.17, 15) is 14.3 Å². The number of carboxylic acid groups (broad SMARTS) is 1. The second-order valence-electron chi connectivity index (χ2n) is 2.51. The molecule has 0 saturated heterocycles. The Morgan fingerprint density at radius 2 is 1.91 bits per heavy atom. The summed E-state index contributed by atoms with van der Waals surface area (Å²) in [5.74, 6) is -1.60. The van der Waals surface area contributed by atoms with Gasteiger partial charge >= 0.3 is 5.97 Å². The Labute approximate surface area is 64.8 Å². The van der Waals surface area contributed by atoms with Crippen molar-refractivity contribution in [2.45, 2.75) is 38.5 Å². The molecular weight excluding hydrogens is 151 g/mol. The van der Waals surface area contributed by atoms with Gasteiger partial charge in [0.1, 0.15) is 5.60 Å². The molecule has 66 valence electrons. The number of hydrogen-bond donors (Lipinski definition) is 2. The maximum Gasteiger partial charge on any atom is 0.341 e. The molecule has 0 spiro atoms. The standard InChI is InChI=1S/C7H13FO3/c1-3-7(11,4-2)5(8)6(9)10/h5,11H,3-4H2,1-2H3,(H,9,10). The van der Waals surface area contributed by atoms with Crippen LogP contribution in [0.15, 0.2) is 0 Å². The van der Waals surface area contributed by atoms with Crippen molar-refractivity contribution in [2.75, 3.05) is 0 Å². The highest BCUT2D eigenvalue weighted by molar-refractivity contribution is 5.73. The van der Waals surface area contributed by atoms with E-state index in [1.807, 2.05) is 0 Å². The summed E-state index contributed by atoms with van der Waals surface area (Å²) in [5.41, 5.74) is -1.70. The molecule has 2 N–H and O–H groups in total. The van der Waals surface area contributed by atoms with Crippen LogP contribution in [-0.2, 0) is 4.79 Å². The molecule has 1 atom stereocenters. The lowest BCUT2D eigenvalue weighted by Crippen LogP contribution is -2.43. The fourth-order valence-corrected chi connectivity index (χ4v) is 0.838. The first-order valence-electron chi connectivity index (χ1n) is 3.57. The molecule has 0 aliphatic rings. The highest BCUT2D eigenvalue weighted by Crippen LogP contribution is 2.22. The van der Waals surface area contributed by atoms with Crippen LogP contribution in [0.2, 0.25) is 0 Å². The monoisotopic (exact) mass is 164 g/mol. The normalized spacial score (nSPS) is 14.5. The summed E-state index contributed by atoms with van der Waals surface area (Å²) in [6, 6.07) is 0. The molecule has 0 radical (unpaired) electrons. The molecule has 0 aromatic carbocycles. The van der Waals surface area contributed by atoms with E-state index in [-0.39, 0.29) is 12.8 Å². The van der Waals surface area contributed by atoms with Gasteiger partial charge in [0.05, 0.1) is 0 Å². The van der Waals surface area contributed by atoms with Crippen molar-refractivity contribution < 1.29 is 19.4 Å². The van der Waals surface area contributed by atoms with Gasteiger partial charge in [0.25, 0.3) is 0 Å². The second kappa shape index (κ2) is 3.67. The minimum atomic E-state index is -2.18. The van der Waals surface area contributed by atoms with Gasteiger partial charge in [0.2, 0.25) is 6.17 Å². The number of alkyl halides is 1. The summed E-state index contributed by atoms with van der Waals surface area (Å²) in [5, 5.41) is 17.6. The summed E-state index contributed by atoms with van der Waals surface area (Å²) < 4.78 is 12.7. The molecule has 0 bridgehead atoms. The summed E-state index contributed by atoms with van der Waals surface area (Å²) in [4.78, 5) is 10.1. The lowest BCUT2D eigenvalue weighted by atomic mass is 9.92. The smallest absolute Gasteiger partial charge is 0.341 e. The van der Waals surface area contributed by atoms with Gasteiger partial charge in [-0.25, -0.2) is 9.18 Å². The van der Waals surface area contributed by atoms with E-state index in [1.54, 1.807) is 13.8 Å². The lowest BCUT2D eigenvalue weighted by Gasteiger charge is -2.25. The third-order valence-corrected chi connectivity index (χ3v) is 1.91. The third-order valence-electron chi connectivity index (χ3n) is 1.91. The molecule has 1 unspecified atom stereocenters. The van der Waals surface area contributed by atoms with Gasteiger partial charge in [-0.1, -0.05) is 13.8 Å². The van der Waals surface area contributed by atoms with Crippen molar-refractivity contribution in [1.29, 1.82) is 0 Å². The van der Waals surface area contributed by atoms with Gasteiger partial charge in [-0.05, 0) is 12.8 Å². The molecule has 0 heterocycles. The van der Waals surface area contributed by atoms with Crippen LogP contribution in [-0.4, -0.2) is 28.0 Å². The number of aliphatic hydroxyl groups is 1. The van der Waals surface area contributed by atoms with E-state index in [4.69, 9.17) is 5.11 Å². The predicted molar refractivity (Wildman–Crippen MR) is 38.1 cm³/mol. The number of hydrogen-bond acceptors (Lipinski definition) is 2. The Hall–Kier alpha value is -0.640. The van der Waals surface area contributed by atoms with E-state index in [1.165, 1.54) is 0 Å². The van der Waals surface area contributed by atoms with E-state index < -0.39 is 17.7 Å². The zero-order chi connectivity index (χ0) is 9.07. The summed E-state index contributed by atoms with van der Waals surface area (Å²) >= 11 is 0. The van der Waals surface area contributed by atoms with Crippen molar-refractivity contribution in [2.24, 2.45) is 0 Å². The number of aliphatic carboxylic acids is 1. The van der Waals surface area contributed by atoms with Crippen LogP contribution in [0.4, 0.5) is 4.39 Å². The Morgan fingerprint density at radius 3 is 2.00 bits per heavy atom. The number of carboxylic acids is 1. The molecule has 0 fully saturated rings. The molecule has 0 rings (SSSR count). The highest BCUT2D eigenvalue weighted by Gasteiger charge is 2.38. The predicted octanol–water partition coefficient (Wildman–Crippen LogP) is 0.960. The maximum absolute atomic E-state index is 12.7. The Bertz CT molecular complexity index is 143.